The first-order valence-corrected chi connectivity index (χ1v) is 21.2. The molecule has 0 amide bonds. The van der Waals surface area contributed by atoms with Gasteiger partial charge in [-0.25, -0.2) is 9.97 Å². The lowest BCUT2D eigenvalue weighted by atomic mass is 10.0. The van der Waals surface area contributed by atoms with E-state index in [0.717, 1.165) is 120 Å². The molecule has 5 heterocycles. The molecule has 0 radical (unpaired) electrons. The first kappa shape index (κ1) is 37.3. The van der Waals surface area contributed by atoms with Crippen molar-refractivity contribution in [1.29, 1.82) is 0 Å². The molecule has 286 valence electrons. The summed E-state index contributed by atoms with van der Waals surface area (Å²) in [5.74, 6) is 0.840. The molecule has 58 heavy (non-hydrogen) atoms. The van der Waals surface area contributed by atoms with E-state index in [1.54, 1.807) is 0 Å². The molecule has 2 aliphatic rings. The van der Waals surface area contributed by atoms with Crippen LogP contribution in [0.1, 0.15) is 58.7 Å². The number of aromatic nitrogens is 4. The van der Waals surface area contributed by atoms with Gasteiger partial charge in [0.25, 0.3) is 0 Å². The lowest BCUT2D eigenvalue weighted by molar-refractivity contribution is 0.308. The monoisotopic (exact) mass is 820 g/mol. The minimum atomic E-state index is 0.644. The summed E-state index contributed by atoms with van der Waals surface area (Å²) in [4.78, 5) is 18.7. The van der Waals surface area contributed by atoms with Crippen LogP contribution in [0.15, 0.2) is 121 Å². The van der Waals surface area contributed by atoms with Crippen molar-refractivity contribution in [2.24, 2.45) is 0 Å². The van der Waals surface area contributed by atoms with Gasteiger partial charge in [-0.3, -0.25) is 0 Å². The number of aromatic amines is 2. The summed E-state index contributed by atoms with van der Waals surface area (Å²) in [6.07, 6.45) is 11.8. The predicted octanol–water partition coefficient (Wildman–Crippen LogP) is 14.2. The van der Waals surface area contributed by atoms with Gasteiger partial charge in [-0.15, -0.1) is 0 Å². The zero-order valence-electron chi connectivity index (χ0n) is 33.1. The number of ether oxygens (including phenoxy) is 1. The predicted molar refractivity (Wildman–Crippen MR) is 248 cm³/mol. The molecule has 5 nitrogen and oxygen atoms in total. The molecule has 4 aromatic carbocycles. The summed E-state index contributed by atoms with van der Waals surface area (Å²) in [5.41, 5.74) is 19.4. The van der Waals surface area contributed by atoms with Gasteiger partial charge in [-0.05, 0) is 111 Å². The third kappa shape index (κ3) is 7.48. The summed E-state index contributed by atoms with van der Waals surface area (Å²) in [5, 5.41) is 1.00. The Kier molecular flexibility index (Phi) is 10.5. The van der Waals surface area contributed by atoms with E-state index in [9.17, 15) is 0 Å². The lowest BCUT2D eigenvalue weighted by Crippen LogP contribution is -1.99. The van der Waals surface area contributed by atoms with Gasteiger partial charge in [-0.2, -0.15) is 0 Å². The van der Waals surface area contributed by atoms with Gasteiger partial charge in [0, 0.05) is 55.2 Å². The molecule has 2 N–H and O–H groups in total. The largest absolute Gasteiger partial charge is 0.493 e. The second-order valence-corrected chi connectivity index (χ2v) is 16.0. The lowest BCUT2D eigenvalue weighted by Gasteiger charge is -2.13. The Bertz CT molecular complexity index is 2820. The van der Waals surface area contributed by atoms with Crippen molar-refractivity contribution in [3.63, 3.8) is 0 Å². The van der Waals surface area contributed by atoms with Crippen molar-refractivity contribution in [3.8, 4) is 50.3 Å². The fourth-order valence-electron chi connectivity index (χ4n) is 7.92. The number of H-pyrrole nitrogens is 2. The highest BCUT2D eigenvalue weighted by molar-refractivity contribution is 9.09. The van der Waals surface area contributed by atoms with E-state index < -0.39 is 0 Å². The highest BCUT2D eigenvalue weighted by atomic mass is 79.9. The Hall–Kier alpha value is -6.24. The van der Waals surface area contributed by atoms with Crippen LogP contribution >= 0.6 is 15.9 Å². The Morgan fingerprint density at radius 2 is 0.845 bits per heavy atom. The van der Waals surface area contributed by atoms with E-state index in [1.807, 2.05) is 6.07 Å². The van der Waals surface area contributed by atoms with Crippen molar-refractivity contribution in [1.82, 2.24) is 19.9 Å². The van der Waals surface area contributed by atoms with Crippen LogP contribution in [0.5, 0.6) is 5.75 Å². The van der Waals surface area contributed by atoms with Crippen LogP contribution in [0, 0.1) is 20.8 Å². The topological polar surface area (TPSA) is 66.6 Å². The number of fused-ring (bicyclic) bond motifs is 8. The summed E-state index contributed by atoms with van der Waals surface area (Å²) in [6.45, 7) is 7.01. The Morgan fingerprint density at radius 3 is 1.28 bits per heavy atom. The van der Waals surface area contributed by atoms with Crippen LogP contribution in [-0.4, -0.2) is 31.9 Å². The maximum Gasteiger partial charge on any atom is 0.127 e. The van der Waals surface area contributed by atoms with Crippen LogP contribution in [0.2, 0.25) is 0 Å². The van der Waals surface area contributed by atoms with E-state index in [0.29, 0.717) is 6.61 Å². The Morgan fingerprint density at radius 1 is 0.448 bits per heavy atom. The summed E-state index contributed by atoms with van der Waals surface area (Å²) in [6, 6.07) is 43.2. The number of aryl methyl sites for hydroxylation is 3. The number of alkyl halides is 1. The van der Waals surface area contributed by atoms with E-state index in [1.165, 1.54) is 16.7 Å². The average Bonchev–Trinajstić information content (AvgIpc) is 4.08. The summed E-state index contributed by atoms with van der Waals surface area (Å²) < 4.78 is 6.56. The van der Waals surface area contributed by atoms with Gasteiger partial charge in [-0.1, -0.05) is 124 Å². The smallest absolute Gasteiger partial charge is 0.127 e. The first-order chi connectivity index (χ1) is 28.4. The quantitative estimate of drug-likeness (QED) is 0.107. The number of nitrogens with zero attached hydrogens (tertiary/aromatic N) is 2. The molecule has 0 unspecified atom stereocenters. The number of rotatable bonds is 10. The molecular weight excluding hydrogens is 777 g/mol. The van der Waals surface area contributed by atoms with Gasteiger partial charge in [0.15, 0.2) is 0 Å². The first-order valence-electron chi connectivity index (χ1n) is 20.1. The van der Waals surface area contributed by atoms with Gasteiger partial charge in [0.1, 0.15) is 5.75 Å². The van der Waals surface area contributed by atoms with Crippen LogP contribution in [0.4, 0.5) is 0 Å². The number of benzene rings is 4. The SMILES string of the molecule is Cc1ccc(-c2c3nc(c(-c4ccc(C)cc4)c4ccc([nH]4)c(-c4ccccc4OCCCCCBr)c4nc(c(-c5ccc(C)cc5)c5ccc2[nH]5)C=C4)C=C3)cc1. The molecule has 0 atom stereocenters. The number of unbranched alkanes of at least 4 members (excludes halogenated alkanes) is 2. The van der Waals surface area contributed by atoms with Crippen molar-refractivity contribution < 1.29 is 4.74 Å². The second kappa shape index (κ2) is 16.3. The molecule has 8 bridgehead atoms. The molecule has 0 saturated carbocycles. The molecule has 6 heteroatoms. The van der Waals surface area contributed by atoms with Gasteiger partial charge in [0.2, 0.25) is 0 Å². The average molecular weight is 822 g/mol. The van der Waals surface area contributed by atoms with Crippen LogP contribution in [-0.2, 0) is 0 Å². The van der Waals surface area contributed by atoms with E-state index >= 15 is 0 Å². The fourth-order valence-corrected chi connectivity index (χ4v) is 8.31. The molecule has 0 spiro atoms. The van der Waals surface area contributed by atoms with Gasteiger partial charge >= 0.3 is 0 Å². The fraction of sp³-hybridized carbons (Fsp3) is 0.154. The number of hydrogen-bond acceptors (Lipinski definition) is 3. The van der Waals surface area contributed by atoms with Gasteiger partial charge < -0.3 is 14.7 Å². The highest BCUT2D eigenvalue weighted by Crippen LogP contribution is 2.40. The summed E-state index contributed by atoms with van der Waals surface area (Å²) >= 11 is 3.57. The zero-order chi connectivity index (χ0) is 39.6. The minimum Gasteiger partial charge on any atom is -0.493 e. The molecule has 0 aliphatic carbocycles. The third-order valence-electron chi connectivity index (χ3n) is 11.0. The minimum absolute atomic E-state index is 0.644. The number of halogens is 1. The Balaban J connectivity index is 1.40. The van der Waals surface area contributed by atoms with E-state index in [2.05, 4.69) is 186 Å². The van der Waals surface area contributed by atoms with Crippen LogP contribution < -0.4 is 4.74 Å². The van der Waals surface area contributed by atoms with Gasteiger partial charge in [0.05, 0.1) is 29.4 Å². The molecule has 0 saturated heterocycles. The standard InChI is InChI=1S/C52H45BrN4O/c1-33-11-17-36(18-12-33)49-40-23-25-42(54-40)50(37-19-13-34(2)14-20-37)44-27-29-46(56-44)52(39-9-5-6-10-48(39)58-32-8-4-7-31-53)47-30-28-45(57-47)51(43-26-24-41(49)55-43)38-21-15-35(3)16-22-38/h5-6,9-30,54,57H,4,7-8,31-32H2,1-3H3. The highest BCUT2D eigenvalue weighted by Gasteiger charge is 2.20. The third-order valence-corrected chi connectivity index (χ3v) is 11.5. The maximum atomic E-state index is 6.56. The van der Waals surface area contributed by atoms with Crippen molar-refractivity contribution >= 4 is 62.3 Å². The Labute approximate surface area is 348 Å². The number of nitrogens with one attached hydrogen (secondary N) is 2. The second-order valence-electron chi connectivity index (χ2n) is 15.2. The zero-order valence-corrected chi connectivity index (χ0v) is 34.7. The van der Waals surface area contributed by atoms with E-state index in [4.69, 9.17) is 14.7 Å². The molecule has 3 aromatic heterocycles. The number of para-hydroxylation sites is 1. The van der Waals surface area contributed by atoms with Crippen LogP contribution in [0.25, 0.3) is 90.9 Å². The molecule has 0 fully saturated rings. The molecule has 7 aromatic rings. The van der Waals surface area contributed by atoms with Crippen molar-refractivity contribution in [2.75, 3.05) is 11.9 Å². The molecule has 9 rings (SSSR count). The molecule has 2 aliphatic heterocycles. The number of hydrogen-bond donors (Lipinski definition) is 2. The summed E-state index contributed by atoms with van der Waals surface area (Å²) in [7, 11) is 0. The maximum absolute atomic E-state index is 6.56. The molecular formula is C52H45BrN4O. The van der Waals surface area contributed by atoms with E-state index in [-0.39, 0.29) is 0 Å². The van der Waals surface area contributed by atoms with Crippen molar-refractivity contribution in [3.05, 3.63) is 161 Å². The normalized spacial score (nSPS) is 12.0. The van der Waals surface area contributed by atoms with Crippen LogP contribution in [0.3, 0.4) is 0 Å². The van der Waals surface area contributed by atoms with Crippen molar-refractivity contribution in [2.45, 2.75) is 40.0 Å².